The van der Waals surface area contributed by atoms with Crippen molar-refractivity contribution >= 4 is 28.5 Å². The highest BCUT2D eigenvalue weighted by atomic mass is 32.1. The molecule has 1 heterocycles. The van der Waals surface area contributed by atoms with Crippen LogP contribution in [-0.2, 0) is 4.79 Å². The first-order chi connectivity index (χ1) is 14.7. The van der Waals surface area contributed by atoms with Crippen molar-refractivity contribution in [2.75, 3.05) is 12.4 Å². The van der Waals surface area contributed by atoms with Crippen molar-refractivity contribution in [3.8, 4) is 17.0 Å². The fraction of sp³-hybridized carbons (Fsp3) is 0.280. The molecule has 0 radical (unpaired) electrons. The predicted octanol–water partition coefficient (Wildman–Crippen LogP) is 6.52. The Hall–Kier alpha value is -2.92. The zero-order chi connectivity index (χ0) is 20.8. The van der Waals surface area contributed by atoms with Crippen LogP contribution in [0.1, 0.15) is 49.1 Å². The minimum absolute atomic E-state index is 0.195. The number of hydrogen-bond donors (Lipinski definition) is 1. The van der Waals surface area contributed by atoms with E-state index in [1.54, 1.807) is 13.2 Å². The number of anilines is 1. The first kappa shape index (κ1) is 20.4. The van der Waals surface area contributed by atoms with E-state index in [1.165, 1.54) is 55.1 Å². The fourth-order valence-corrected chi connectivity index (χ4v) is 4.58. The van der Waals surface area contributed by atoms with E-state index >= 15 is 0 Å². The second kappa shape index (κ2) is 9.72. The number of rotatable bonds is 6. The molecule has 4 rings (SSSR count). The Morgan fingerprint density at radius 3 is 2.50 bits per heavy atom. The van der Waals surface area contributed by atoms with Gasteiger partial charge in [-0.3, -0.25) is 10.1 Å². The standard InChI is InChI=1S/C25H26N2O2S/c1-29-22-14-7-18(8-15-22)9-16-24(28)27-25-26-23(17-30-25)21-12-10-20(11-13-21)19-5-3-2-4-6-19/h7-17,19H,2-6H2,1H3,(H,26,27,28)/b16-9+. The highest BCUT2D eigenvalue weighted by Gasteiger charge is 2.15. The predicted molar refractivity (Wildman–Crippen MR) is 124 cm³/mol. The van der Waals surface area contributed by atoms with Gasteiger partial charge in [0.1, 0.15) is 5.75 Å². The van der Waals surface area contributed by atoms with E-state index in [-0.39, 0.29) is 5.91 Å². The van der Waals surface area contributed by atoms with Crippen molar-refractivity contribution in [3.63, 3.8) is 0 Å². The first-order valence-corrected chi connectivity index (χ1v) is 11.3. The number of carbonyl (C=O) groups excluding carboxylic acids is 1. The summed E-state index contributed by atoms with van der Waals surface area (Å²) in [5.74, 6) is 1.30. The monoisotopic (exact) mass is 418 g/mol. The quantitative estimate of drug-likeness (QED) is 0.464. The topological polar surface area (TPSA) is 51.2 Å². The van der Waals surface area contributed by atoms with Gasteiger partial charge < -0.3 is 4.74 Å². The molecule has 1 saturated carbocycles. The van der Waals surface area contributed by atoms with Gasteiger partial charge in [0.25, 0.3) is 0 Å². The number of thiazole rings is 1. The lowest BCUT2D eigenvalue weighted by Crippen LogP contribution is -2.07. The fourth-order valence-electron chi connectivity index (χ4n) is 3.86. The zero-order valence-corrected chi connectivity index (χ0v) is 18.0. The van der Waals surface area contributed by atoms with Crippen molar-refractivity contribution in [3.05, 3.63) is 71.1 Å². The number of ether oxygens (including phenoxy) is 1. The molecule has 30 heavy (non-hydrogen) atoms. The van der Waals surface area contributed by atoms with Crippen LogP contribution in [0.2, 0.25) is 0 Å². The molecule has 0 unspecified atom stereocenters. The van der Waals surface area contributed by atoms with Gasteiger partial charge in [-0.2, -0.15) is 0 Å². The Balaban J connectivity index is 1.36. The maximum Gasteiger partial charge on any atom is 0.250 e. The van der Waals surface area contributed by atoms with E-state index in [1.807, 2.05) is 29.6 Å². The smallest absolute Gasteiger partial charge is 0.250 e. The molecule has 5 heteroatoms. The highest BCUT2D eigenvalue weighted by Crippen LogP contribution is 2.34. The summed E-state index contributed by atoms with van der Waals surface area (Å²) in [6, 6.07) is 16.3. The molecule has 1 N–H and O–H groups in total. The molecule has 1 aliphatic carbocycles. The largest absolute Gasteiger partial charge is 0.497 e. The minimum atomic E-state index is -0.195. The van der Waals surface area contributed by atoms with Crippen LogP contribution in [0.3, 0.4) is 0 Å². The molecule has 1 aromatic heterocycles. The van der Waals surface area contributed by atoms with E-state index < -0.39 is 0 Å². The van der Waals surface area contributed by atoms with Crippen LogP contribution >= 0.6 is 11.3 Å². The van der Waals surface area contributed by atoms with Crippen LogP contribution in [0.25, 0.3) is 17.3 Å². The van der Waals surface area contributed by atoms with E-state index in [0.29, 0.717) is 11.0 Å². The highest BCUT2D eigenvalue weighted by molar-refractivity contribution is 7.14. The molecule has 0 aliphatic heterocycles. The lowest BCUT2D eigenvalue weighted by atomic mass is 9.84. The average molecular weight is 419 g/mol. The van der Waals surface area contributed by atoms with E-state index in [4.69, 9.17) is 4.74 Å². The third-order valence-electron chi connectivity index (χ3n) is 5.56. The van der Waals surface area contributed by atoms with E-state index in [2.05, 4.69) is 34.6 Å². The van der Waals surface area contributed by atoms with Crippen molar-refractivity contribution in [1.82, 2.24) is 4.98 Å². The SMILES string of the molecule is COc1ccc(/C=C/C(=O)Nc2nc(-c3ccc(C4CCCCC4)cc3)cs2)cc1. The van der Waals surface area contributed by atoms with Crippen LogP contribution in [0, 0.1) is 0 Å². The number of aromatic nitrogens is 1. The van der Waals surface area contributed by atoms with Crippen LogP contribution in [0.4, 0.5) is 5.13 Å². The number of nitrogens with one attached hydrogen (secondary N) is 1. The van der Waals surface area contributed by atoms with Gasteiger partial charge in [-0.1, -0.05) is 55.7 Å². The molecule has 0 spiro atoms. The van der Waals surface area contributed by atoms with Crippen LogP contribution in [-0.4, -0.2) is 18.0 Å². The molecule has 1 amide bonds. The summed E-state index contributed by atoms with van der Waals surface area (Å²) >= 11 is 1.44. The Kier molecular flexibility index (Phi) is 6.60. The maximum absolute atomic E-state index is 12.2. The summed E-state index contributed by atoms with van der Waals surface area (Å²) in [6.07, 6.45) is 9.95. The Morgan fingerprint density at radius 1 is 1.07 bits per heavy atom. The number of nitrogens with zero attached hydrogens (tertiary/aromatic N) is 1. The summed E-state index contributed by atoms with van der Waals surface area (Å²) in [5.41, 5.74) is 4.35. The molecule has 0 atom stereocenters. The van der Waals surface area contributed by atoms with Gasteiger partial charge in [-0.05, 0) is 48.1 Å². The molecular formula is C25H26N2O2S. The van der Waals surface area contributed by atoms with Crippen molar-refractivity contribution < 1.29 is 9.53 Å². The minimum Gasteiger partial charge on any atom is -0.497 e. The zero-order valence-electron chi connectivity index (χ0n) is 17.1. The Labute approximate surface area is 181 Å². The van der Waals surface area contributed by atoms with Gasteiger partial charge in [0.2, 0.25) is 5.91 Å². The van der Waals surface area contributed by atoms with Crippen molar-refractivity contribution in [2.24, 2.45) is 0 Å². The summed E-state index contributed by atoms with van der Waals surface area (Å²) in [5, 5.41) is 5.43. The molecule has 1 fully saturated rings. The van der Waals surface area contributed by atoms with E-state index in [9.17, 15) is 4.79 Å². The summed E-state index contributed by atoms with van der Waals surface area (Å²) in [6.45, 7) is 0. The molecule has 0 bridgehead atoms. The summed E-state index contributed by atoms with van der Waals surface area (Å²) < 4.78 is 5.14. The maximum atomic E-state index is 12.2. The van der Waals surface area contributed by atoms with Gasteiger partial charge in [-0.25, -0.2) is 4.98 Å². The number of amides is 1. The number of benzene rings is 2. The second-order valence-electron chi connectivity index (χ2n) is 7.59. The number of carbonyl (C=O) groups is 1. The van der Waals surface area contributed by atoms with Crippen LogP contribution < -0.4 is 10.1 Å². The van der Waals surface area contributed by atoms with Gasteiger partial charge in [-0.15, -0.1) is 11.3 Å². The molecule has 4 nitrogen and oxygen atoms in total. The third-order valence-corrected chi connectivity index (χ3v) is 6.32. The Bertz CT molecular complexity index is 1000. The Morgan fingerprint density at radius 2 is 1.80 bits per heavy atom. The average Bonchev–Trinajstić information content (AvgIpc) is 3.27. The van der Waals surface area contributed by atoms with Crippen LogP contribution in [0.5, 0.6) is 5.75 Å². The van der Waals surface area contributed by atoms with Crippen molar-refractivity contribution in [1.29, 1.82) is 0 Å². The molecular weight excluding hydrogens is 392 g/mol. The van der Waals surface area contributed by atoms with Crippen molar-refractivity contribution in [2.45, 2.75) is 38.0 Å². The van der Waals surface area contributed by atoms with Gasteiger partial charge in [0.05, 0.1) is 12.8 Å². The second-order valence-corrected chi connectivity index (χ2v) is 8.45. The van der Waals surface area contributed by atoms with Gasteiger partial charge >= 0.3 is 0 Å². The van der Waals surface area contributed by atoms with Gasteiger partial charge in [0, 0.05) is 17.0 Å². The molecule has 3 aromatic rings. The normalized spacial score (nSPS) is 14.7. The summed E-state index contributed by atoms with van der Waals surface area (Å²) in [4.78, 5) is 16.8. The lowest BCUT2D eigenvalue weighted by molar-refractivity contribution is -0.111. The summed E-state index contributed by atoms with van der Waals surface area (Å²) in [7, 11) is 1.63. The first-order valence-electron chi connectivity index (χ1n) is 10.4. The lowest BCUT2D eigenvalue weighted by Gasteiger charge is -2.22. The third kappa shape index (κ3) is 5.16. The van der Waals surface area contributed by atoms with Gasteiger partial charge in [0.15, 0.2) is 5.13 Å². The number of methoxy groups -OCH3 is 1. The van der Waals surface area contributed by atoms with Crippen LogP contribution in [0.15, 0.2) is 60.0 Å². The molecule has 154 valence electrons. The molecule has 2 aromatic carbocycles. The number of hydrogen-bond acceptors (Lipinski definition) is 4. The van der Waals surface area contributed by atoms with E-state index in [0.717, 1.165) is 22.6 Å². The molecule has 1 aliphatic rings. The molecule has 0 saturated heterocycles.